The van der Waals surface area contributed by atoms with Gasteiger partial charge in [-0.05, 0) is 11.5 Å². The highest BCUT2D eigenvalue weighted by atomic mass is 19.4. The zero-order valence-corrected chi connectivity index (χ0v) is 10.7. The standard InChI is InChI=1S/C13H14F3NO3/c1-8(9-5-3-2-4-6-9)10(17)7-11(18)20-12(19)13(14,15)16/h2-6,8,10H,7,17H2,1H3. The van der Waals surface area contributed by atoms with Gasteiger partial charge in [-0.3, -0.25) is 4.79 Å². The summed E-state index contributed by atoms with van der Waals surface area (Å²) in [6.45, 7) is 1.73. The summed E-state index contributed by atoms with van der Waals surface area (Å²) in [4.78, 5) is 21.7. The molecule has 1 aromatic rings. The smallest absolute Gasteiger partial charge is 0.386 e. The number of hydrogen-bond acceptors (Lipinski definition) is 4. The van der Waals surface area contributed by atoms with E-state index in [1.54, 1.807) is 37.3 Å². The minimum Gasteiger partial charge on any atom is -0.386 e. The van der Waals surface area contributed by atoms with E-state index in [1.807, 2.05) is 0 Å². The van der Waals surface area contributed by atoms with Gasteiger partial charge in [0.05, 0.1) is 6.42 Å². The van der Waals surface area contributed by atoms with Crippen molar-refractivity contribution in [3.05, 3.63) is 35.9 Å². The van der Waals surface area contributed by atoms with Crippen LogP contribution >= 0.6 is 0 Å². The average molecular weight is 289 g/mol. The van der Waals surface area contributed by atoms with Gasteiger partial charge in [-0.15, -0.1) is 0 Å². The molecule has 1 aromatic carbocycles. The normalized spacial score (nSPS) is 14.4. The molecule has 0 aromatic heterocycles. The van der Waals surface area contributed by atoms with Crippen LogP contribution in [0, 0.1) is 0 Å². The second-order valence-electron chi connectivity index (χ2n) is 4.33. The molecule has 0 amide bonds. The molecule has 2 N–H and O–H groups in total. The van der Waals surface area contributed by atoms with Gasteiger partial charge >= 0.3 is 18.1 Å². The Balaban J connectivity index is 2.56. The number of esters is 2. The largest absolute Gasteiger partial charge is 0.491 e. The van der Waals surface area contributed by atoms with Gasteiger partial charge in [0.15, 0.2) is 0 Å². The van der Waals surface area contributed by atoms with Crippen LogP contribution in [0.2, 0.25) is 0 Å². The number of rotatable bonds is 4. The van der Waals surface area contributed by atoms with Crippen molar-refractivity contribution >= 4 is 11.9 Å². The number of nitrogens with two attached hydrogens (primary N) is 1. The van der Waals surface area contributed by atoms with Gasteiger partial charge in [0, 0.05) is 6.04 Å². The summed E-state index contributed by atoms with van der Waals surface area (Å²) < 4.78 is 39.4. The lowest BCUT2D eigenvalue weighted by atomic mass is 9.92. The molecule has 0 spiro atoms. The Kier molecular flexibility index (Phi) is 5.26. The van der Waals surface area contributed by atoms with Crippen molar-refractivity contribution in [1.82, 2.24) is 0 Å². The predicted molar refractivity (Wildman–Crippen MR) is 64.6 cm³/mol. The van der Waals surface area contributed by atoms with E-state index in [4.69, 9.17) is 5.73 Å². The van der Waals surface area contributed by atoms with Crippen molar-refractivity contribution in [3.63, 3.8) is 0 Å². The molecule has 0 aliphatic carbocycles. The van der Waals surface area contributed by atoms with E-state index in [1.165, 1.54) is 0 Å². The highest BCUT2D eigenvalue weighted by Gasteiger charge is 2.42. The van der Waals surface area contributed by atoms with Crippen molar-refractivity contribution in [2.45, 2.75) is 31.5 Å². The van der Waals surface area contributed by atoms with Gasteiger partial charge in [-0.2, -0.15) is 13.2 Å². The molecule has 0 aliphatic rings. The number of halogens is 3. The molecule has 0 radical (unpaired) electrons. The van der Waals surface area contributed by atoms with Crippen molar-refractivity contribution in [3.8, 4) is 0 Å². The van der Waals surface area contributed by atoms with Crippen LogP contribution < -0.4 is 5.73 Å². The van der Waals surface area contributed by atoms with Gasteiger partial charge in [-0.1, -0.05) is 37.3 Å². The number of carbonyl (C=O) groups excluding carboxylic acids is 2. The Bertz CT molecular complexity index is 473. The SMILES string of the molecule is CC(c1ccccc1)C(N)CC(=O)OC(=O)C(F)(F)F. The van der Waals surface area contributed by atoms with E-state index in [0.29, 0.717) is 0 Å². The number of alkyl halides is 3. The topological polar surface area (TPSA) is 69.4 Å². The van der Waals surface area contributed by atoms with Gasteiger partial charge in [0.25, 0.3) is 0 Å². The maximum absolute atomic E-state index is 11.9. The first-order chi connectivity index (χ1) is 9.21. The zero-order chi connectivity index (χ0) is 15.3. The average Bonchev–Trinajstić information content (AvgIpc) is 2.37. The van der Waals surface area contributed by atoms with Crippen molar-refractivity contribution in [2.24, 2.45) is 5.73 Å². The monoisotopic (exact) mass is 289 g/mol. The number of ether oxygens (including phenoxy) is 1. The molecule has 7 heteroatoms. The van der Waals surface area contributed by atoms with Crippen LogP contribution in [0.5, 0.6) is 0 Å². The second-order valence-corrected chi connectivity index (χ2v) is 4.33. The van der Waals surface area contributed by atoms with E-state index in [9.17, 15) is 22.8 Å². The van der Waals surface area contributed by atoms with E-state index in [2.05, 4.69) is 4.74 Å². The lowest BCUT2D eigenvalue weighted by Crippen LogP contribution is -2.33. The third-order valence-electron chi connectivity index (χ3n) is 2.81. The van der Waals surface area contributed by atoms with Gasteiger partial charge < -0.3 is 10.5 Å². The Morgan fingerprint density at radius 2 is 1.80 bits per heavy atom. The quantitative estimate of drug-likeness (QED) is 0.681. The molecule has 20 heavy (non-hydrogen) atoms. The summed E-state index contributed by atoms with van der Waals surface area (Å²) in [5.74, 6) is -4.07. The molecular weight excluding hydrogens is 275 g/mol. The molecule has 0 saturated heterocycles. The van der Waals surface area contributed by atoms with E-state index < -0.39 is 30.6 Å². The second kappa shape index (κ2) is 6.51. The summed E-state index contributed by atoms with van der Waals surface area (Å²) in [6.07, 6.45) is -5.66. The molecule has 2 unspecified atom stereocenters. The summed E-state index contributed by atoms with van der Waals surface area (Å²) in [5, 5.41) is 0. The predicted octanol–water partition coefficient (Wildman–Crippen LogP) is 2.14. The molecule has 2 atom stereocenters. The number of carbonyl (C=O) groups is 2. The molecular formula is C13H14F3NO3. The molecule has 0 fully saturated rings. The highest BCUT2D eigenvalue weighted by Crippen LogP contribution is 2.21. The van der Waals surface area contributed by atoms with Crippen LogP contribution in [-0.4, -0.2) is 24.2 Å². The summed E-state index contributed by atoms with van der Waals surface area (Å²) in [7, 11) is 0. The summed E-state index contributed by atoms with van der Waals surface area (Å²) in [5.41, 5.74) is 6.58. The van der Waals surface area contributed by atoms with E-state index in [0.717, 1.165) is 5.56 Å². The minimum atomic E-state index is -5.19. The molecule has 0 bridgehead atoms. The van der Waals surface area contributed by atoms with E-state index >= 15 is 0 Å². The van der Waals surface area contributed by atoms with Crippen LogP contribution in [0.4, 0.5) is 13.2 Å². The first kappa shape index (κ1) is 16.2. The highest BCUT2D eigenvalue weighted by molar-refractivity contribution is 5.88. The Morgan fingerprint density at radius 3 is 2.30 bits per heavy atom. The Morgan fingerprint density at radius 1 is 1.25 bits per heavy atom. The Labute approximate surface area is 113 Å². The summed E-state index contributed by atoms with van der Waals surface area (Å²) >= 11 is 0. The lowest BCUT2D eigenvalue weighted by Gasteiger charge is -2.19. The van der Waals surface area contributed by atoms with Crippen molar-refractivity contribution < 1.29 is 27.5 Å². The van der Waals surface area contributed by atoms with Crippen LogP contribution in [0.25, 0.3) is 0 Å². The first-order valence-corrected chi connectivity index (χ1v) is 5.84. The molecule has 0 heterocycles. The molecule has 4 nitrogen and oxygen atoms in total. The molecule has 0 aliphatic heterocycles. The van der Waals surface area contributed by atoms with Crippen LogP contribution in [0.1, 0.15) is 24.8 Å². The van der Waals surface area contributed by atoms with Crippen molar-refractivity contribution in [2.75, 3.05) is 0 Å². The number of benzene rings is 1. The third-order valence-corrected chi connectivity index (χ3v) is 2.81. The van der Waals surface area contributed by atoms with Crippen LogP contribution in [0.3, 0.4) is 0 Å². The maximum atomic E-state index is 11.9. The van der Waals surface area contributed by atoms with E-state index in [-0.39, 0.29) is 5.92 Å². The zero-order valence-electron chi connectivity index (χ0n) is 10.7. The first-order valence-electron chi connectivity index (χ1n) is 5.84. The maximum Gasteiger partial charge on any atom is 0.491 e. The fraction of sp³-hybridized carbons (Fsp3) is 0.385. The summed E-state index contributed by atoms with van der Waals surface area (Å²) in [6, 6.07) is 8.20. The third kappa shape index (κ3) is 4.65. The van der Waals surface area contributed by atoms with Crippen LogP contribution in [-0.2, 0) is 14.3 Å². The fourth-order valence-corrected chi connectivity index (χ4v) is 1.58. The van der Waals surface area contributed by atoms with Gasteiger partial charge in [0.2, 0.25) is 0 Å². The molecule has 0 saturated carbocycles. The molecule has 1 rings (SSSR count). The number of hydrogen-bond donors (Lipinski definition) is 1. The lowest BCUT2D eigenvalue weighted by molar-refractivity contribution is -0.202. The van der Waals surface area contributed by atoms with Gasteiger partial charge in [-0.25, -0.2) is 4.79 Å². The minimum absolute atomic E-state index is 0.260. The van der Waals surface area contributed by atoms with Crippen LogP contribution in [0.15, 0.2) is 30.3 Å². The molecule has 110 valence electrons. The van der Waals surface area contributed by atoms with Crippen molar-refractivity contribution in [1.29, 1.82) is 0 Å². The van der Waals surface area contributed by atoms with Gasteiger partial charge in [0.1, 0.15) is 0 Å². The fourth-order valence-electron chi connectivity index (χ4n) is 1.58. The Hall–Kier alpha value is -1.89.